The van der Waals surface area contributed by atoms with Crippen LogP contribution < -0.4 is 14.2 Å². The quantitative estimate of drug-likeness (QED) is 0.807. The zero-order valence-corrected chi connectivity index (χ0v) is 17.6. The largest absolute Gasteiger partial charge is 0.493 e. The molecule has 2 fully saturated rings. The molecule has 2 aliphatic rings. The van der Waals surface area contributed by atoms with Crippen molar-refractivity contribution in [2.45, 2.75) is 31.9 Å². The summed E-state index contributed by atoms with van der Waals surface area (Å²) in [6.07, 6.45) is 3.67. The number of rotatable bonds is 6. The SMILES string of the molecule is COc1cc(CN2C[C@@H]3CC[C@@](O)(c4ccc(C)cn4)[C@@H]3C2)cc(OC)c1OC. The topological polar surface area (TPSA) is 64.1 Å². The average molecular weight is 399 g/mol. The normalized spacial score (nSPS) is 26.4. The lowest BCUT2D eigenvalue weighted by Crippen LogP contribution is -2.35. The summed E-state index contributed by atoms with van der Waals surface area (Å²) >= 11 is 0. The third kappa shape index (κ3) is 3.55. The number of fused-ring (bicyclic) bond motifs is 1. The number of aliphatic hydroxyl groups is 1. The van der Waals surface area contributed by atoms with Gasteiger partial charge >= 0.3 is 0 Å². The van der Waals surface area contributed by atoms with E-state index < -0.39 is 5.60 Å². The van der Waals surface area contributed by atoms with Crippen molar-refractivity contribution in [3.63, 3.8) is 0 Å². The number of methoxy groups -OCH3 is 3. The van der Waals surface area contributed by atoms with Gasteiger partial charge in [-0.05, 0) is 55.0 Å². The van der Waals surface area contributed by atoms with E-state index in [4.69, 9.17) is 14.2 Å². The Labute approximate surface area is 172 Å². The molecule has 2 aromatic rings. The summed E-state index contributed by atoms with van der Waals surface area (Å²) < 4.78 is 16.4. The van der Waals surface area contributed by atoms with Crippen LogP contribution in [0, 0.1) is 18.8 Å². The van der Waals surface area contributed by atoms with Crippen LogP contribution >= 0.6 is 0 Å². The standard InChI is InChI=1S/C23H30N2O4/c1-15-5-6-21(24-11-15)23(26)8-7-17-13-25(14-18(17)23)12-16-9-19(27-2)22(29-4)20(10-16)28-3/h5-6,9-11,17-18,26H,7-8,12-14H2,1-4H3/t17-,18+,23-/m0/s1. The van der Waals surface area contributed by atoms with Gasteiger partial charge in [0.2, 0.25) is 5.75 Å². The van der Waals surface area contributed by atoms with E-state index in [-0.39, 0.29) is 5.92 Å². The monoisotopic (exact) mass is 398 g/mol. The number of hydrogen-bond acceptors (Lipinski definition) is 6. The highest BCUT2D eigenvalue weighted by molar-refractivity contribution is 5.53. The van der Waals surface area contributed by atoms with E-state index in [0.29, 0.717) is 23.2 Å². The van der Waals surface area contributed by atoms with E-state index in [2.05, 4.69) is 9.88 Å². The maximum absolute atomic E-state index is 11.5. The minimum absolute atomic E-state index is 0.208. The maximum atomic E-state index is 11.5. The van der Waals surface area contributed by atoms with Gasteiger partial charge in [-0.1, -0.05) is 6.07 Å². The van der Waals surface area contributed by atoms with E-state index in [9.17, 15) is 5.11 Å². The first kappa shape index (κ1) is 20.0. The van der Waals surface area contributed by atoms with Crippen LogP contribution in [0.1, 0.15) is 29.7 Å². The molecule has 1 aliphatic heterocycles. The van der Waals surface area contributed by atoms with Gasteiger partial charge in [-0.25, -0.2) is 0 Å². The molecule has 1 saturated heterocycles. The van der Waals surface area contributed by atoms with Crippen LogP contribution in [0.3, 0.4) is 0 Å². The van der Waals surface area contributed by atoms with Gasteiger partial charge in [0.25, 0.3) is 0 Å². The van der Waals surface area contributed by atoms with E-state index >= 15 is 0 Å². The van der Waals surface area contributed by atoms with Crippen molar-refractivity contribution < 1.29 is 19.3 Å². The molecule has 0 bridgehead atoms. The highest BCUT2D eigenvalue weighted by Gasteiger charge is 2.53. The Bertz CT molecular complexity index is 845. The summed E-state index contributed by atoms with van der Waals surface area (Å²) in [5.41, 5.74) is 2.20. The molecule has 0 radical (unpaired) electrons. The molecular formula is C23H30N2O4. The van der Waals surface area contributed by atoms with Gasteiger partial charge < -0.3 is 19.3 Å². The van der Waals surface area contributed by atoms with E-state index in [1.165, 1.54) is 0 Å². The molecular weight excluding hydrogens is 368 g/mol. The number of likely N-dealkylation sites (tertiary alicyclic amines) is 1. The Balaban J connectivity index is 1.53. The number of benzene rings is 1. The molecule has 29 heavy (non-hydrogen) atoms. The highest BCUT2D eigenvalue weighted by atomic mass is 16.5. The lowest BCUT2D eigenvalue weighted by Gasteiger charge is -2.30. The van der Waals surface area contributed by atoms with Crippen LogP contribution in [0.2, 0.25) is 0 Å². The first-order valence-electron chi connectivity index (χ1n) is 10.1. The molecule has 3 atom stereocenters. The summed E-state index contributed by atoms with van der Waals surface area (Å²) in [5.74, 6) is 2.64. The third-order valence-electron chi connectivity index (χ3n) is 6.51. The molecule has 6 nitrogen and oxygen atoms in total. The second-order valence-electron chi connectivity index (χ2n) is 8.28. The lowest BCUT2D eigenvalue weighted by atomic mass is 9.85. The van der Waals surface area contributed by atoms with Gasteiger partial charge in [0.05, 0.1) is 27.0 Å². The lowest BCUT2D eigenvalue weighted by molar-refractivity contribution is -0.0108. The van der Waals surface area contributed by atoms with Crippen molar-refractivity contribution in [3.8, 4) is 17.2 Å². The minimum atomic E-state index is -0.831. The summed E-state index contributed by atoms with van der Waals surface area (Å²) in [7, 11) is 4.88. The average Bonchev–Trinajstić information content (AvgIpc) is 3.27. The first-order chi connectivity index (χ1) is 14.0. The first-order valence-corrected chi connectivity index (χ1v) is 10.1. The van der Waals surface area contributed by atoms with Gasteiger partial charge in [-0.2, -0.15) is 0 Å². The Morgan fingerprint density at radius 1 is 1.10 bits per heavy atom. The molecule has 6 heteroatoms. The highest BCUT2D eigenvalue weighted by Crippen LogP contribution is 2.50. The van der Waals surface area contributed by atoms with Crippen molar-refractivity contribution in [1.82, 2.24) is 9.88 Å². The summed E-state index contributed by atoms with van der Waals surface area (Å²) in [5, 5.41) is 11.5. The van der Waals surface area contributed by atoms with Crippen LogP contribution in [-0.2, 0) is 12.1 Å². The van der Waals surface area contributed by atoms with Crippen molar-refractivity contribution in [3.05, 3.63) is 47.3 Å². The van der Waals surface area contributed by atoms with Gasteiger partial charge in [0, 0.05) is 31.7 Å². The number of hydrogen-bond donors (Lipinski definition) is 1. The second kappa shape index (κ2) is 7.84. The zero-order chi connectivity index (χ0) is 20.6. The second-order valence-corrected chi connectivity index (χ2v) is 8.28. The molecule has 0 amide bonds. The molecule has 156 valence electrons. The van der Waals surface area contributed by atoms with Crippen molar-refractivity contribution in [2.75, 3.05) is 34.4 Å². The molecule has 1 aromatic heterocycles. The fourth-order valence-electron chi connectivity index (χ4n) is 5.04. The Morgan fingerprint density at radius 3 is 2.41 bits per heavy atom. The van der Waals surface area contributed by atoms with Crippen molar-refractivity contribution >= 4 is 0 Å². The van der Waals surface area contributed by atoms with Gasteiger partial charge in [-0.3, -0.25) is 9.88 Å². The fraction of sp³-hybridized carbons (Fsp3) is 0.522. The predicted octanol–water partition coefficient (Wildman–Crippen LogP) is 3.15. The molecule has 0 spiro atoms. The smallest absolute Gasteiger partial charge is 0.203 e. The Kier molecular flexibility index (Phi) is 5.40. The zero-order valence-electron chi connectivity index (χ0n) is 17.6. The summed E-state index contributed by atoms with van der Waals surface area (Å²) in [4.78, 5) is 6.96. The minimum Gasteiger partial charge on any atom is -0.493 e. The van der Waals surface area contributed by atoms with E-state index in [1.807, 2.05) is 37.4 Å². The number of aryl methyl sites for hydroxylation is 1. The van der Waals surface area contributed by atoms with Crippen LogP contribution in [-0.4, -0.2) is 49.4 Å². The molecule has 4 rings (SSSR count). The number of aromatic nitrogens is 1. The van der Waals surface area contributed by atoms with Gasteiger partial charge in [0.15, 0.2) is 11.5 Å². The number of ether oxygens (including phenoxy) is 3. The van der Waals surface area contributed by atoms with E-state index in [0.717, 1.165) is 49.3 Å². The number of nitrogens with zero attached hydrogens (tertiary/aromatic N) is 2. The molecule has 2 heterocycles. The third-order valence-corrected chi connectivity index (χ3v) is 6.51. The van der Waals surface area contributed by atoms with Crippen LogP contribution in [0.25, 0.3) is 0 Å². The van der Waals surface area contributed by atoms with Gasteiger partial charge in [0.1, 0.15) is 5.60 Å². The van der Waals surface area contributed by atoms with Gasteiger partial charge in [-0.15, -0.1) is 0 Å². The molecule has 1 aromatic carbocycles. The van der Waals surface area contributed by atoms with Crippen LogP contribution in [0.5, 0.6) is 17.2 Å². The maximum Gasteiger partial charge on any atom is 0.203 e. The Hall–Kier alpha value is -2.31. The molecule has 1 saturated carbocycles. The van der Waals surface area contributed by atoms with Crippen molar-refractivity contribution in [2.24, 2.45) is 11.8 Å². The Morgan fingerprint density at radius 2 is 1.83 bits per heavy atom. The number of pyridine rings is 1. The molecule has 1 aliphatic carbocycles. The van der Waals surface area contributed by atoms with Crippen LogP contribution in [0.15, 0.2) is 30.5 Å². The molecule has 0 unspecified atom stereocenters. The van der Waals surface area contributed by atoms with Crippen molar-refractivity contribution in [1.29, 1.82) is 0 Å². The van der Waals surface area contributed by atoms with Crippen LogP contribution in [0.4, 0.5) is 0 Å². The molecule has 1 N–H and O–H groups in total. The van der Waals surface area contributed by atoms with E-state index in [1.54, 1.807) is 21.3 Å². The summed E-state index contributed by atoms with van der Waals surface area (Å²) in [6, 6.07) is 8.03. The summed E-state index contributed by atoms with van der Waals surface area (Å²) in [6.45, 7) is 4.64. The predicted molar refractivity (Wildman–Crippen MR) is 110 cm³/mol. The fourth-order valence-corrected chi connectivity index (χ4v) is 5.04.